The van der Waals surface area contributed by atoms with E-state index in [0.29, 0.717) is 18.2 Å². The van der Waals surface area contributed by atoms with Crippen molar-refractivity contribution < 1.29 is 52.7 Å². The van der Waals surface area contributed by atoms with E-state index in [9.17, 15) is 47.9 Å². The zero-order valence-electron chi connectivity index (χ0n) is 21.2. The third-order valence-electron chi connectivity index (χ3n) is 5.27. The fourth-order valence-corrected chi connectivity index (χ4v) is 5.97. The summed E-state index contributed by atoms with van der Waals surface area (Å²) >= 11 is 0. The second-order valence-electron chi connectivity index (χ2n) is 8.58. The van der Waals surface area contributed by atoms with Gasteiger partial charge in [-0.3, -0.25) is 13.9 Å². The largest absolute Gasteiger partial charge is 0.451 e. The second-order valence-corrected chi connectivity index (χ2v) is 13.4. The van der Waals surface area contributed by atoms with Gasteiger partial charge in [0.1, 0.15) is 5.75 Å². The van der Waals surface area contributed by atoms with Crippen LogP contribution in [0.1, 0.15) is 18.1 Å². The zero-order chi connectivity index (χ0) is 31.6. The number of nitrogens with two attached hydrogens (primary N) is 2. The van der Waals surface area contributed by atoms with Crippen molar-refractivity contribution in [2.24, 2.45) is 16.5 Å². The lowest BCUT2D eigenvalue weighted by Gasteiger charge is -2.11. The minimum absolute atomic E-state index is 0.0217. The second kappa shape index (κ2) is 11.9. The molecule has 3 aromatic carbocycles. The molecular formula is C24H21F2N3O10S3. The molecule has 0 saturated carbocycles. The van der Waals surface area contributed by atoms with Crippen LogP contribution in [0.5, 0.6) is 11.5 Å². The van der Waals surface area contributed by atoms with E-state index in [1.165, 1.54) is 6.92 Å². The molecule has 0 bridgehead atoms. The number of amides is 1. The fourth-order valence-electron chi connectivity index (χ4n) is 3.42. The molecular weight excluding hydrogens is 624 g/mol. The van der Waals surface area contributed by atoms with Crippen LogP contribution in [0, 0.1) is 11.6 Å². The molecule has 18 heteroatoms. The number of hydrogen-bond acceptors (Lipinski definition) is 8. The predicted molar refractivity (Wildman–Crippen MR) is 144 cm³/mol. The third-order valence-corrected chi connectivity index (χ3v) is 8.63. The minimum Gasteiger partial charge on any atom is -0.451 e. The van der Waals surface area contributed by atoms with Gasteiger partial charge in [-0.25, -0.2) is 17.2 Å². The number of guanidine groups is 1. The first-order valence-electron chi connectivity index (χ1n) is 11.2. The lowest BCUT2D eigenvalue weighted by Crippen LogP contribution is -2.24. The molecule has 3 rings (SSSR count). The van der Waals surface area contributed by atoms with E-state index in [0.717, 1.165) is 42.5 Å². The molecule has 0 heterocycles. The average molecular weight is 646 g/mol. The van der Waals surface area contributed by atoms with E-state index in [1.807, 2.05) is 0 Å². The Labute approximate surface area is 238 Å². The molecule has 0 radical (unpaired) electrons. The van der Waals surface area contributed by atoms with Crippen LogP contribution in [-0.2, 0) is 40.6 Å². The van der Waals surface area contributed by atoms with Crippen molar-refractivity contribution in [3.8, 4) is 11.5 Å². The molecule has 0 aliphatic heterocycles. The first kappa shape index (κ1) is 32.3. The number of rotatable bonds is 9. The van der Waals surface area contributed by atoms with E-state index < -0.39 is 80.4 Å². The first-order chi connectivity index (χ1) is 19.3. The van der Waals surface area contributed by atoms with Crippen LogP contribution in [0.15, 0.2) is 79.8 Å². The maximum atomic E-state index is 14.6. The monoisotopic (exact) mass is 645 g/mol. The average Bonchev–Trinajstić information content (AvgIpc) is 2.84. The Morgan fingerprint density at radius 2 is 1.36 bits per heavy atom. The highest BCUT2D eigenvalue weighted by atomic mass is 32.2. The third kappa shape index (κ3) is 8.17. The summed E-state index contributed by atoms with van der Waals surface area (Å²) < 4.78 is 125. The molecule has 0 unspecified atom stereocenters. The van der Waals surface area contributed by atoms with Crippen LogP contribution in [0.2, 0.25) is 0 Å². The van der Waals surface area contributed by atoms with Crippen molar-refractivity contribution in [1.82, 2.24) is 0 Å². The number of carbonyl (C=O) groups is 1. The fraction of sp³-hybridized carbons (Fsp3) is 0.0833. The van der Waals surface area contributed by atoms with Crippen LogP contribution in [0.25, 0.3) is 6.08 Å². The predicted octanol–water partition coefficient (Wildman–Crippen LogP) is 2.43. The van der Waals surface area contributed by atoms with Gasteiger partial charge in [0.2, 0.25) is 0 Å². The van der Waals surface area contributed by atoms with Gasteiger partial charge in [-0.15, -0.1) is 0 Å². The van der Waals surface area contributed by atoms with E-state index in [2.05, 4.69) is 4.99 Å². The SMILES string of the molecule is C/C(=C\c1cc(F)c(Oc2ccc(S(=O)(=O)Cc3cc(S(=O)(=O)O)cc(S(=O)(=O)O)c3)cc2)c(F)c1)C(=O)N=C(N)N. The highest BCUT2D eigenvalue weighted by molar-refractivity contribution is 7.90. The maximum absolute atomic E-state index is 14.6. The number of aliphatic imine (C=N–C) groups is 1. The van der Waals surface area contributed by atoms with E-state index in [1.54, 1.807) is 0 Å². The van der Waals surface area contributed by atoms with Gasteiger partial charge in [-0.2, -0.15) is 21.8 Å². The van der Waals surface area contributed by atoms with E-state index >= 15 is 0 Å². The van der Waals surface area contributed by atoms with Crippen LogP contribution in [0.3, 0.4) is 0 Å². The minimum atomic E-state index is -4.97. The maximum Gasteiger partial charge on any atom is 0.294 e. The number of sulfone groups is 1. The summed E-state index contributed by atoms with van der Waals surface area (Å²) in [5, 5.41) is 0. The zero-order valence-corrected chi connectivity index (χ0v) is 23.7. The summed E-state index contributed by atoms with van der Waals surface area (Å²) in [6.07, 6.45) is 1.13. The van der Waals surface area contributed by atoms with Gasteiger partial charge >= 0.3 is 0 Å². The Balaban J connectivity index is 1.86. The highest BCUT2D eigenvalue weighted by Gasteiger charge is 2.22. The van der Waals surface area contributed by atoms with Crippen molar-refractivity contribution in [1.29, 1.82) is 0 Å². The highest BCUT2D eigenvalue weighted by Crippen LogP contribution is 2.31. The van der Waals surface area contributed by atoms with Crippen LogP contribution in [-0.4, -0.2) is 46.2 Å². The lowest BCUT2D eigenvalue weighted by atomic mass is 10.1. The number of nitrogens with zero attached hydrogens (tertiary/aromatic N) is 1. The summed E-state index contributed by atoms with van der Waals surface area (Å²) in [4.78, 5) is 12.8. The molecule has 224 valence electrons. The molecule has 0 atom stereocenters. The van der Waals surface area contributed by atoms with Crippen LogP contribution in [0.4, 0.5) is 8.78 Å². The van der Waals surface area contributed by atoms with Crippen molar-refractivity contribution in [3.05, 3.63) is 82.9 Å². The van der Waals surface area contributed by atoms with Crippen molar-refractivity contribution in [2.45, 2.75) is 27.4 Å². The van der Waals surface area contributed by atoms with E-state index in [-0.39, 0.29) is 21.8 Å². The summed E-state index contributed by atoms with van der Waals surface area (Å²) in [5.41, 5.74) is 9.78. The van der Waals surface area contributed by atoms with Crippen molar-refractivity contribution in [2.75, 3.05) is 0 Å². The van der Waals surface area contributed by atoms with Crippen molar-refractivity contribution in [3.63, 3.8) is 0 Å². The Morgan fingerprint density at radius 1 is 0.857 bits per heavy atom. The summed E-state index contributed by atoms with van der Waals surface area (Å²) in [7, 11) is -14.2. The quantitative estimate of drug-likeness (QED) is 0.114. The normalized spacial score (nSPS) is 12.5. The summed E-state index contributed by atoms with van der Waals surface area (Å²) in [6.45, 7) is 1.32. The van der Waals surface area contributed by atoms with Gasteiger partial charge in [0.05, 0.1) is 20.4 Å². The molecule has 0 aromatic heterocycles. The summed E-state index contributed by atoms with van der Waals surface area (Å²) in [6, 6.07) is 7.74. The van der Waals surface area contributed by atoms with E-state index in [4.69, 9.17) is 16.2 Å². The molecule has 42 heavy (non-hydrogen) atoms. The smallest absolute Gasteiger partial charge is 0.294 e. The Morgan fingerprint density at radius 3 is 1.81 bits per heavy atom. The molecule has 0 aliphatic carbocycles. The number of ether oxygens (including phenoxy) is 1. The Kier molecular flexibility index (Phi) is 9.18. The lowest BCUT2D eigenvalue weighted by molar-refractivity contribution is -0.114. The van der Waals surface area contributed by atoms with Crippen molar-refractivity contribution >= 4 is 48.0 Å². The van der Waals surface area contributed by atoms with Gasteiger partial charge in [0.25, 0.3) is 26.1 Å². The number of benzene rings is 3. The number of hydrogen-bond donors (Lipinski definition) is 4. The molecule has 0 saturated heterocycles. The topological polar surface area (TPSA) is 234 Å². The van der Waals surface area contributed by atoms with Crippen LogP contribution < -0.4 is 16.2 Å². The van der Waals surface area contributed by atoms with Gasteiger partial charge < -0.3 is 16.2 Å². The first-order valence-corrected chi connectivity index (χ1v) is 15.7. The molecule has 1 amide bonds. The molecule has 6 N–H and O–H groups in total. The molecule has 13 nitrogen and oxygen atoms in total. The van der Waals surface area contributed by atoms with Gasteiger partial charge in [0.15, 0.2) is 33.2 Å². The molecule has 3 aromatic rings. The van der Waals surface area contributed by atoms with Gasteiger partial charge in [-0.05, 0) is 78.7 Å². The van der Waals surface area contributed by atoms with Crippen LogP contribution >= 0.6 is 0 Å². The Bertz CT molecular complexity index is 1880. The number of carbonyl (C=O) groups excluding carboxylic acids is 1. The van der Waals surface area contributed by atoms with Gasteiger partial charge in [0, 0.05) is 5.57 Å². The van der Waals surface area contributed by atoms with Gasteiger partial charge in [-0.1, -0.05) is 0 Å². The molecule has 0 spiro atoms. The number of halogens is 2. The summed E-state index contributed by atoms with van der Waals surface area (Å²) in [5.74, 6) is -5.61. The Hall–Kier alpha value is -4.23. The molecule has 0 aliphatic rings. The molecule has 0 fully saturated rings. The standard InChI is InChI=1S/C24H21F2N3O10S3/c1-13(23(30)29-24(27)28)6-14-9-20(25)22(21(26)10-14)39-16-2-4-17(5-3-16)40(31,32)12-15-7-18(41(33,34)35)11-19(8-15)42(36,37)38/h2-11H,12H2,1H3,(H,33,34,35)(H,36,37,38)(H4,27,28,29,30)/b13-6+.